The van der Waals surface area contributed by atoms with Crippen molar-refractivity contribution in [1.82, 2.24) is 14.6 Å². The number of fused-ring (bicyclic) bond motifs is 1. The molecular weight excluding hydrogens is 138 g/mol. The molecule has 0 aliphatic rings. The molecule has 0 unspecified atom stereocenters. The molecule has 3 heteroatoms. The first-order valence-corrected chi connectivity index (χ1v) is 3.55. The Hall–Kier alpha value is -1.38. The molecule has 0 amide bonds. The van der Waals surface area contributed by atoms with E-state index in [4.69, 9.17) is 0 Å². The summed E-state index contributed by atoms with van der Waals surface area (Å²) >= 11 is 0. The fraction of sp³-hybridized carbons (Fsp3) is 0.250. The summed E-state index contributed by atoms with van der Waals surface area (Å²) in [5.41, 5.74) is 2.29. The smallest absolute Gasteiger partial charge is 0.146 e. The highest BCUT2D eigenvalue weighted by Crippen LogP contribution is 2.07. The highest BCUT2D eigenvalue weighted by molar-refractivity contribution is 5.51. The highest BCUT2D eigenvalue weighted by atomic mass is 15.2. The van der Waals surface area contributed by atoms with Crippen LogP contribution in [0, 0.1) is 13.8 Å². The van der Waals surface area contributed by atoms with Crippen molar-refractivity contribution in [3.8, 4) is 0 Å². The first kappa shape index (κ1) is 6.34. The number of hydrogen-bond donors (Lipinski definition) is 0. The Morgan fingerprint density at radius 3 is 3.00 bits per heavy atom. The summed E-state index contributed by atoms with van der Waals surface area (Å²) in [5, 5.41) is 4.20. The molecule has 3 nitrogen and oxygen atoms in total. The van der Waals surface area contributed by atoms with Crippen molar-refractivity contribution in [2.75, 3.05) is 0 Å². The molecular formula is C8H9N3. The fourth-order valence-corrected chi connectivity index (χ4v) is 1.11. The molecule has 0 N–H and O–H groups in total. The van der Waals surface area contributed by atoms with E-state index in [9.17, 15) is 0 Å². The van der Waals surface area contributed by atoms with E-state index < -0.39 is 0 Å². The second-order valence-electron chi connectivity index (χ2n) is 2.63. The summed E-state index contributed by atoms with van der Waals surface area (Å²) in [4.78, 5) is 4.11. The predicted octanol–water partition coefficient (Wildman–Crippen LogP) is 1.35. The van der Waals surface area contributed by atoms with Crippen LogP contribution in [0.4, 0.5) is 0 Å². The second kappa shape index (κ2) is 2.05. The van der Waals surface area contributed by atoms with E-state index in [1.54, 1.807) is 0 Å². The monoisotopic (exact) mass is 147 g/mol. The summed E-state index contributed by atoms with van der Waals surface area (Å²) in [7, 11) is 0. The average molecular weight is 147 g/mol. The third-order valence-corrected chi connectivity index (χ3v) is 1.74. The molecule has 0 saturated heterocycles. The van der Waals surface area contributed by atoms with Crippen LogP contribution >= 0.6 is 0 Å². The quantitative estimate of drug-likeness (QED) is 0.563. The normalized spacial score (nSPS) is 10.7. The SMILES string of the molecule is Cc1ncc2c(C)ccn2n1. The fourth-order valence-electron chi connectivity index (χ4n) is 1.11. The van der Waals surface area contributed by atoms with Crippen molar-refractivity contribution in [3.63, 3.8) is 0 Å². The minimum Gasteiger partial charge on any atom is -0.238 e. The molecule has 2 heterocycles. The lowest BCUT2D eigenvalue weighted by Gasteiger charge is -1.94. The Morgan fingerprint density at radius 2 is 2.18 bits per heavy atom. The van der Waals surface area contributed by atoms with Gasteiger partial charge in [-0.2, -0.15) is 5.10 Å². The Balaban J connectivity index is 2.86. The van der Waals surface area contributed by atoms with Gasteiger partial charge in [0.2, 0.25) is 0 Å². The van der Waals surface area contributed by atoms with Gasteiger partial charge in [0.1, 0.15) is 5.82 Å². The van der Waals surface area contributed by atoms with Gasteiger partial charge < -0.3 is 0 Å². The number of rotatable bonds is 0. The van der Waals surface area contributed by atoms with Crippen molar-refractivity contribution in [1.29, 1.82) is 0 Å². The lowest BCUT2D eigenvalue weighted by Crippen LogP contribution is -1.95. The van der Waals surface area contributed by atoms with Crippen LogP contribution in [0.25, 0.3) is 5.52 Å². The van der Waals surface area contributed by atoms with Crippen molar-refractivity contribution >= 4 is 5.52 Å². The van der Waals surface area contributed by atoms with Gasteiger partial charge in [-0.3, -0.25) is 0 Å². The standard InChI is InChI=1S/C8H9N3/c1-6-3-4-11-8(6)5-9-7(2)10-11/h3-5H,1-2H3. The van der Waals surface area contributed by atoms with Gasteiger partial charge in [-0.25, -0.2) is 9.50 Å². The van der Waals surface area contributed by atoms with Gasteiger partial charge in [0, 0.05) is 6.20 Å². The van der Waals surface area contributed by atoms with Gasteiger partial charge in [-0.05, 0) is 25.5 Å². The van der Waals surface area contributed by atoms with E-state index in [0.29, 0.717) is 0 Å². The molecule has 2 aromatic heterocycles. The predicted molar refractivity (Wildman–Crippen MR) is 42.5 cm³/mol. The summed E-state index contributed by atoms with van der Waals surface area (Å²) < 4.78 is 1.84. The van der Waals surface area contributed by atoms with Crippen LogP contribution in [0.3, 0.4) is 0 Å². The van der Waals surface area contributed by atoms with Gasteiger partial charge in [0.25, 0.3) is 0 Å². The maximum Gasteiger partial charge on any atom is 0.146 e. The van der Waals surface area contributed by atoms with Crippen LogP contribution in [-0.2, 0) is 0 Å². The second-order valence-corrected chi connectivity index (χ2v) is 2.63. The van der Waals surface area contributed by atoms with E-state index in [-0.39, 0.29) is 0 Å². The zero-order valence-electron chi connectivity index (χ0n) is 6.57. The van der Waals surface area contributed by atoms with Crippen LogP contribution in [0.5, 0.6) is 0 Å². The molecule has 0 radical (unpaired) electrons. The zero-order chi connectivity index (χ0) is 7.84. The van der Waals surface area contributed by atoms with Crippen LogP contribution in [0.15, 0.2) is 18.5 Å². The molecule has 0 saturated carbocycles. The zero-order valence-corrected chi connectivity index (χ0v) is 6.57. The molecule has 0 atom stereocenters. The average Bonchev–Trinajstić information content (AvgIpc) is 2.32. The number of hydrogen-bond acceptors (Lipinski definition) is 2. The van der Waals surface area contributed by atoms with Crippen LogP contribution in [0.1, 0.15) is 11.4 Å². The van der Waals surface area contributed by atoms with E-state index >= 15 is 0 Å². The third-order valence-electron chi connectivity index (χ3n) is 1.74. The Kier molecular flexibility index (Phi) is 1.18. The minimum atomic E-state index is 0.799. The minimum absolute atomic E-state index is 0.799. The first-order chi connectivity index (χ1) is 5.27. The molecule has 2 rings (SSSR count). The Bertz CT molecular complexity index is 389. The largest absolute Gasteiger partial charge is 0.238 e. The highest BCUT2D eigenvalue weighted by Gasteiger charge is 1.97. The topological polar surface area (TPSA) is 30.2 Å². The van der Waals surface area contributed by atoms with Crippen molar-refractivity contribution in [2.24, 2.45) is 0 Å². The van der Waals surface area contributed by atoms with Crippen molar-refractivity contribution in [3.05, 3.63) is 29.8 Å². The molecule has 56 valence electrons. The lowest BCUT2D eigenvalue weighted by molar-refractivity contribution is 0.855. The molecule has 0 spiro atoms. The van der Waals surface area contributed by atoms with Gasteiger partial charge in [-0.15, -0.1) is 0 Å². The first-order valence-electron chi connectivity index (χ1n) is 3.55. The summed E-state index contributed by atoms with van der Waals surface area (Å²) in [5.74, 6) is 0.799. The van der Waals surface area contributed by atoms with Crippen LogP contribution in [0.2, 0.25) is 0 Å². The summed E-state index contributed by atoms with van der Waals surface area (Å²) in [6.45, 7) is 3.93. The Morgan fingerprint density at radius 1 is 1.36 bits per heavy atom. The molecule has 0 aliphatic carbocycles. The van der Waals surface area contributed by atoms with Gasteiger partial charge in [0.05, 0.1) is 11.7 Å². The Labute approximate surface area is 64.7 Å². The number of aryl methyl sites for hydroxylation is 2. The van der Waals surface area contributed by atoms with Gasteiger partial charge in [-0.1, -0.05) is 0 Å². The van der Waals surface area contributed by atoms with Crippen LogP contribution < -0.4 is 0 Å². The molecule has 0 bridgehead atoms. The molecule has 0 aliphatic heterocycles. The van der Waals surface area contributed by atoms with Crippen LogP contribution in [-0.4, -0.2) is 14.6 Å². The summed E-state index contributed by atoms with van der Waals surface area (Å²) in [6, 6.07) is 2.03. The maximum absolute atomic E-state index is 4.20. The lowest BCUT2D eigenvalue weighted by atomic mass is 10.3. The summed E-state index contributed by atoms with van der Waals surface area (Å²) in [6.07, 6.45) is 3.79. The van der Waals surface area contributed by atoms with Crippen molar-refractivity contribution in [2.45, 2.75) is 13.8 Å². The van der Waals surface area contributed by atoms with E-state index in [1.807, 2.05) is 36.8 Å². The molecule has 0 aromatic carbocycles. The third kappa shape index (κ3) is 0.888. The number of nitrogens with zero attached hydrogens (tertiary/aromatic N) is 3. The van der Waals surface area contributed by atoms with Gasteiger partial charge in [0.15, 0.2) is 0 Å². The maximum atomic E-state index is 4.20. The number of aromatic nitrogens is 3. The molecule has 0 fully saturated rings. The van der Waals surface area contributed by atoms with Crippen molar-refractivity contribution < 1.29 is 0 Å². The molecule has 2 aromatic rings. The molecule has 11 heavy (non-hydrogen) atoms. The van der Waals surface area contributed by atoms with Gasteiger partial charge >= 0.3 is 0 Å². The van der Waals surface area contributed by atoms with E-state index in [1.165, 1.54) is 5.56 Å². The van der Waals surface area contributed by atoms with E-state index in [0.717, 1.165) is 11.3 Å². The van der Waals surface area contributed by atoms with E-state index in [2.05, 4.69) is 10.1 Å².